The first kappa shape index (κ1) is 14.1. The fraction of sp³-hybridized carbons (Fsp3) is 0.0714. The smallest absolute Gasteiger partial charge is 0.316 e. The number of amides is 2. The van der Waals surface area contributed by atoms with E-state index in [-0.39, 0.29) is 5.82 Å². The van der Waals surface area contributed by atoms with E-state index in [0.29, 0.717) is 22.8 Å². The molecule has 0 aliphatic carbocycles. The summed E-state index contributed by atoms with van der Waals surface area (Å²) in [4.78, 5) is 10.8. The summed E-state index contributed by atoms with van der Waals surface area (Å²) in [5.41, 5.74) is 6.85. The van der Waals surface area contributed by atoms with Crippen LogP contribution in [-0.2, 0) is 6.54 Å². The molecule has 0 fully saturated rings. The Morgan fingerprint density at radius 2 is 1.95 bits per heavy atom. The van der Waals surface area contributed by atoms with Crippen molar-refractivity contribution < 1.29 is 9.18 Å². The van der Waals surface area contributed by atoms with Crippen LogP contribution in [-0.4, -0.2) is 6.03 Å². The first-order chi connectivity index (χ1) is 9.54. The van der Waals surface area contributed by atoms with Crippen molar-refractivity contribution in [2.24, 2.45) is 5.73 Å². The number of hydrogen-bond acceptors (Lipinski definition) is 2. The summed E-state index contributed by atoms with van der Waals surface area (Å²) in [5.74, 6) is -0.364. The zero-order valence-electron chi connectivity index (χ0n) is 10.5. The van der Waals surface area contributed by atoms with E-state index in [9.17, 15) is 9.18 Å². The molecule has 2 rings (SSSR count). The van der Waals surface area contributed by atoms with Gasteiger partial charge in [-0.1, -0.05) is 23.7 Å². The standard InChI is InChI=1S/C14H13ClFN3O/c15-10-5-4-9(13(16)6-10)8-18-11-2-1-3-12(7-11)19-14(17)20/h1-7,18H,8H2,(H3,17,19,20). The number of rotatable bonds is 4. The Morgan fingerprint density at radius 3 is 2.65 bits per heavy atom. The van der Waals surface area contributed by atoms with Gasteiger partial charge < -0.3 is 16.4 Å². The van der Waals surface area contributed by atoms with Crippen LogP contribution in [0.2, 0.25) is 5.02 Å². The van der Waals surface area contributed by atoms with E-state index in [0.717, 1.165) is 5.69 Å². The lowest BCUT2D eigenvalue weighted by atomic mass is 10.2. The molecule has 0 spiro atoms. The van der Waals surface area contributed by atoms with Gasteiger partial charge in [0.15, 0.2) is 0 Å². The summed E-state index contributed by atoms with van der Waals surface area (Å²) in [5, 5.41) is 5.89. The maximum Gasteiger partial charge on any atom is 0.316 e. The van der Waals surface area contributed by atoms with Crippen LogP contribution in [0.5, 0.6) is 0 Å². The van der Waals surface area contributed by atoms with Crippen LogP contribution in [0.15, 0.2) is 42.5 Å². The van der Waals surface area contributed by atoms with Crippen molar-refractivity contribution in [2.75, 3.05) is 10.6 Å². The van der Waals surface area contributed by atoms with Gasteiger partial charge in [-0.15, -0.1) is 0 Å². The van der Waals surface area contributed by atoms with E-state index in [1.165, 1.54) is 6.07 Å². The van der Waals surface area contributed by atoms with Crippen LogP contribution in [0, 0.1) is 5.82 Å². The van der Waals surface area contributed by atoms with Gasteiger partial charge in [0.05, 0.1) is 0 Å². The number of carbonyl (C=O) groups is 1. The van der Waals surface area contributed by atoms with Crippen LogP contribution < -0.4 is 16.4 Å². The molecule has 4 nitrogen and oxygen atoms in total. The largest absolute Gasteiger partial charge is 0.381 e. The van der Waals surface area contributed by atoms with Gasteiger partial charge in [-0.3, -0.25) is 0 Å². The fourth-order valence-electron chi connectivity index (χ4n) is 1.71. The second-order valence-corrected chi connectivity index (χ2v) is 4.60. The highest BCUT2D eigenvalue weighted by atomic mass is 35.5. The summed E-state index contributed by atoms with van der Waals surface area (Å²) in [6.07, 6.45) is 0. The summed E-state index contributed by atoms with van der Waals surface area (Å²) in [6.45, 7) is 0.309. The molecular formula is C14H13ClFN3O. The summed E-state index contributed by atoms with van der Waals surface area (Å²) >= 11 is 5.69. The summed E-state index contributed by atoms with van der Waals surface area (Å²) in [7, 11) is 0. The Hall–Kier alpha value is -2.27. The van der Waals surface area contributed by atoms with Crippen molar-refractivity contribution in [3.05, 3.63) is 58.9 Å². The molecule has 0 aromatic heterocycles. The topological polar surface area (TPSA) is 67.2 Å². The van der Waals surface area contributed by atoms with Crippen molar-refractivity contribution in [3.8, 4) is 0 Å². The Bertz CT molecular complexity index is 634. The Morgan fingerprint density at radius 1 is 1.20 bits per heavy atom. The molecular weight excluding hydrogens is 281 g/mol. The van der Waals surface area contributed by atoms with Gasteiger partial charge in [0.2, 0.25) is 0 Å². The minimum atomic E-state index is -0.633. The van der Waals surface area contributed by atoms with E-state index < -0.39 is 6.03 Å². The van der Waals surface area contributed by atoms with Crippen LogP contribution in [0.1, 0.15) is 5.56 Å². The van der Waals surface area contributed by atoms with Crippen molar-refractivity contribution in [1.82, 2.24) is 0 Å². The molecule has 0 heterocycles. The zero-order chi connectivity index (χ0) is 14.5. The molecule has 0 unspecified atom stereocenters. The maximum atomic E-state index is 13.6. The van der Waals surface area contributed by atoms with Gasteiger partial charge >= 0.3 is 6.03 Å². The molecule has 0 aliphatic heterocycles. The normalized spacial score (nSPS) is 10.1. The fourth-order valence-corrected chi connectivity index (χ4v) is 1.87. The zero-order valence-corrected chi connectivity index (χ0v) is 11.2. The molecule has 104 valence electrons. The quantitative estimate of drug-likeness (QED) is 0.806. The third-order valence-corrected chi connectivity index (χ3v) is 2.86. The molecule has 2 amide bonds. The van der Waals surface area contributed by atoms with Gasteiger partial charge in [0, 0.05) is 28.5 Å². The van der Waals surface area contributed by atoms with E-state index in [4.69, 9.17) is 17.3 Å². The first-order valence-corrected chi connectivity index (χ1v) is 6.27. The lowest BCUT2D eigenvalue weighted by Gasteiger charge is -2.09. The SMILES string of the molecule is NC(=O)Nc1cccc(NCc2ccc(Cl)cc2F)c1. The van der Waals surface area contributed by atoms with Crippen LogP contribution in [0.4, 0.5) is 20.6 Å². The molecule has 0 saturated carbocycles. The van der Waals surface area contributed by atoms with Gasteiger partial charge in [0.25, 0.3) is 0 Å². The van der Waals surface area contributed by atoms with E-state index in [1.807, 2.05) is 0 Å². The molecule has 4 N–H and O–H groups in total. The number of nitrogens with one attached hydrogen (secondary N) is 2. The second kappa shape index (κ2) is 6.25. The number of hydrogen-bond donors (Lipinski definition) is 3. The highest BCUT2D eigenvalue weighted by molar-refractivity contribution is 6.30. The van der Waals surface area contributed by atoms with Crippen molar-refractivity contribution in [1.29, 1.82) is 0 Å². The molecule has 20 heavy (non-hydrogen) atoms. The number of urea groups is 1. The summed E-state index contributed by atoms with van der Waals surface area (Å²) < 4.78 is 13.6. The van der Waals surface area contributed by atoms with Crippen molar-refractivity contribution in [3.63, 3.8) is 0 Å². The molecule has 0 atom stereocenters. The molecule has 2 aromatic rings. The molecule has 0 aliphatic rings. The highest BCUT2D eigenvalue weighted by Gasteiger charge is 2.03. The van der Waals surface area contributed by atoms with E-state index >= 15 is 0 Å². The molecule has 0 saturated heterocycles. The number of carbonyl (C=O) groups excluding carboxylic acids is 1. The Balaban J connectivity index is 2.05. The van der Waals surface area contributed by atoms with Gasteiger partial charge in [-0.05, 0) is 30.3 Å². The maximum absolute atomic E-state index is 13.6. The summed E-state index contributed by atoms with van der Waals surface area (Å²) in [6, 6.07) is 10.9. The average Bonchev–Trinajstić information content (AvgIpc) is 2.37. The number of anilines is 2. The van der Waals surface area contributed by atoms with Crippen molar-refractivity contribution >= 4 is 29.0 Å². The van der Waals surface area contributed by atoms with E-state index in [2.05, 4.69) is 10.6 Å². The number of nitrogens with two attached hydrogens (primary N) is 1. The van der Waals surface area contributed by atoms with Gasteiger partial charge in [-0.25, -0.2) is 9.18 Å². The van der Waals surface area contributed by atoms with Crippen molar-refractivity contribution in [2.45, 2.75) is 6.54 Å². The number of halogens is 2. The predicted octanol–water partition coefficient (Wildman–Crippen LogP) is 3.58. The van der Waals surface area contributed by atoms with E-state index in [1.54, 1.807) is 36.4 Å². The lowest BCUT2D eigenvalue weighted by molar-refractivity contribution is 0.259. The van der Waals surface area contributed by atoms with Gasteiger partial charge in [0.1, 0.15) is 5.82 Å². The number of benzene rings is 2. The molecule has 0 radical (unpaired) electrons. The molecule has 6 heteroatoms. The van der Waals surface area contributed by atoms with Crippen LogP contribution in [0.3, 0.4) is 0 Å². The molecule has 2 aromatic carbocycles. The lowest BCUT2D eigenvalue weighted by Crippen LogP contribution is -2.19. The van der Waals surface area contributed by atoms with Crippen LogP contribution in [0.25, 0.3) is 0 Å². The number of primary amides is 1. The monoisotopic (exact) mass is 293 g/mol. The van der Waals surface area contributed by atoms with Gasteiger partial charge in [-0.2, -0.15) is 0 Å². The Labute approximate surface area is 120 Å². The first-order valence-electron chi connectivity index (χ1n) is 5.89. The third-order valence-electron chi connectivity index (χ3n) is 2.63. The van der Waals surface area contributed by atoms with Crippen LogP contribution >= 0.6 is 11.6 Å². The minimum absolute atomic E-state index is 0.309. The average molecular weight is 294 g/mol. The third kappa shape index (κ3) is 3.86. The molecule has 0 bridgehead atoms. The minimum Gasteiger partial charge on any atom is -0.381 e. The second-order valence-electron chi connectivity index (χ2n) is 4.16. The predicted molar refractivity (Wildman–Crippen MR) is 78.4 cm³/mol. The Kier molecular flexibility index (Phi) is 4.42. The highest BCUT2D eigenvalue weighted by Crippen LogP contribution is 2.18.